The molecular formula is C13H17F3N4O7S2. The van der Waals surface area contributed by atoms with Gasteiger partial charge in [0.15, 0.2) is 5.25 Å². The molecule has 29 heavy (non-hydrogen) atoms. The van der Waals surface area contributed by atoms with E-state index in [1.54, 1.807) is 0 Å². The van der Waals surface area contributed by atoms with Crippen LogP contribution in [0.2, 0.25) is 0 Å². The summed E-state index contributed by atoms with van der Waals surface area (Å²) in [6.45, 7) is 0.250. The predicted molar refractivity (Wildman–Crippen MR) is 91.0 cm³/mol. The summed E-state index contributed by atoms with van der Waals surface area (Å²) < 4.78 is 57.5. The van der Waals surface area contributed by atoms with Crippen LogP contribution >= 0.6 is 11.3 Å². The molecule has 1 saturated carbocycles. The number of hydrogen-bond donors (Lipinski definition) is 4. The molecule has 0 radical (unpaired) electrons. The topological polar surface area (TPSA) is 190 Å². The quantitative estimate of drug-likeness (QED) is 0.405. The number of nitrogens with zero attached hydrogens (tertiary/aromatic N) is 2. The minimum atomic E-state index is -5.08. The lowest BCUT2D eigenvalue weighted by molar-refractivity contribution is -0.192. The Morgan fingerprint density at radius 2 is 1.72 bits per heavy atom. The van der Waals surface area contributed by atoms with Gasteiger partial charge in [-0.25, -0.2) is 13.2 Å². The fourth-order valence-corrected chi connectivity index (χ4v) is 4.27. The van der Waals surface area contributed by atoms with Gasteiger partial charge in [-0.2, -0.15) is 13.2 Å². The van der Waals surface area contributed by atoms with Gasteiger partial charge in [-0.15, -0.1) is 21.5 Å². The highest BCUT2D eigenvalue weighted by molar-refractivity contribution is 7.91. The first-order valence-electron chi connectivity index (χ1n) is 7.86. The van der Waals surface area contributed by atoms with E-state index in [-0.39, 0.29) is 19.4 Å². The largest absolute Gasteiger partial charge is 0.490 e. The maximum Gasteiger partial charge on any atom is 0.490 e. The summed E-state index contributed by atoms with van der Waals surface area (Å²) in [5.74, 6) is -5.36. The Labute approximate surface area is 166 Å². The molecule has 0 saturated heterocycles. The number of aryl methyl sites for hydroxylation is 1. The van der Waals surface area contributed by atoms with Gasteiger partial charge in [-0.05, 0) is 18.8 Å². The van der Waals surface area contributed by atoms with Crippen molar-refractivity contribution in [2.45, 2.75) is 43.7 Å². The molecule has 1 unspecified atom stereocenters. The Kier molecular flexibility index (Phi) is 8.46. The Morgan fingerprint density at radius 1 is 1.21 bits per heavy atom. The molecule has 0 bridgehead atoms. The average Bonchev–Trinajstić information content (AvgIpc) is 3.27. The van der Waals surface area contributed by atoms with Gasteiger partial charge in [0.25, 0.3) is 0 Å². The summed E-state index contributed by atoms with van der Waals surface area (Å²) in [5, 5.41) is 23.4. The van der Waals surface area contributed by atoms with E-state index in [9.17, 15) is 31.2 Å². The van der Waals surface area contributed by atoms with E-state index in [1.165, 1.54) is 11.3 Å². The highest BCUT2D eigenvalue weighted by atomic mass is 32.2. The molecule has 1 atom stereocenters. The summed E-state index contributed by atoms with van der Waals surface area (Å²) in [4.78, 5) is 31.7. The van der Waals surface area contributed by atoms with E-state index in [0.29, 0.717) is 22.9 Å². The summed E-state index contributed by atoms with van der Waals surface area (Å²) in [5.41, 5.74) is 5.39. The van der Waals surface area contributed by atoms with Crippen LogP contribution in [0.5, 0.6) is 0 Å². The number of alkyl halides is 3. The van der Waals surface area contributed by atoms with E-state index in [4.69, 9.17) is 20.7 Å². The van der Waals surface area contributed by atoms with Crippen LogP contribution in [-0.4, -0.2) is 58.1 Å². The first-order chi connectivity index (χ1) is 13.3. The third-order valence-corrected chi connectivity index (χ3v) is 6.15. The van der Waals surface area contributed by atoms with Gasteiger partial charge in [-0.1, -0.05) is 0 Å². The number of carboxylic acids is 2. The minimum Gasteiger partial charge on any atom is -0.480 e. The molecule has 1 aromatic heterocycles. The molecule has 2 rings (SSSR count). The van der Waals surface area contributed by atoms with E-state index >= 15 is 0 Å². The van der Waals surface area contributed by atoms with E-state index in [2.05, 4.69) is 10.2 Å². The number of carboxylic acid groups (broad SMARTS) is 2. The van der Waals surface area contributed by atoms with E-state index < -0.39 is 45.2 Å². The molecule has 1 aliphatic carbocycles. The van der Waals surface area contributed by atoms with Crippen LogP contribution in [0.1, 0.15) is 29.3 Å². The highest BCUT2D eigenvalue weighted by Crippen LogP contribution is 2.36. The molecule has 1 heterocycles. The molecule has 5 N–H and O–H groups in total. The second-order valence-electron chi connectivity index (χ2n) is 5.76. The number of nitrogens with one attached hydrogen (secondary N) is 1. The molecule has 16 heteroatoms. The summed E-state index contributed by atoms with van der Waals surface area (Å²) in [6, 6.07) is 0. The lowest BCUT2D eigenvalue weighted by atomic mass is 10.3. The van der Waals surface area contributed by atoms with Crippen LogP contribution in [0.4, 0.5) is 13.2 Å². The number of sulfonamides is 1. The second kappa shape index (κ2) is 9.93. The monoisotopic (exact) mass is 462 g/mol. The predicted octanol–water partition coefficient (Wildman–Crippen LogP) is -0.128. The number of halogens is 3. The molecule has 11 nitrogen and oxygen atoms in total. The molecule has 1 amide bonds. The Hall–Kier alpha value is -2.33. The third kappa shape index (κ3) is 8.28. The van der Waals surface area contributed by atoms with E-state index in [0.717, 1.165) is 0 Å². The fraction of sp³-hybridized carbons (Fsp3) is 0.615. The number of amides is 1. The summed E-state index contributed by atoms with van der Waals surface area (Å²) >= 11 is 1.25. The Balaban J connectivity index is 0.000000516. The SMILES string of the molecule is NCc1nnc(CCC(=O)NS(=O)(=O)C(C(=O)O)C2CC2)s1.O=C(O)C(F)(F)F. The number of aromatic nitrogens is 2. The number of aliphatic carboxylic acids is 2. The zero-order valence-electron chi connectivity index (χ0n) is 14.5. The average molecular weight is 462 g/mol. The van der Waals surface area contributed by atoms with Gasteiger partial charge >= 0.3 is 18.1 Å². The third-order valence-electron chi connectivity index (χ3n) is 3.38. The highest BCUT2D eigenvalue weighted by Gasteiger charge is 2.46. The zero-order valence-corrected chi connectivity index (χ0v) is 16.2. The van der Waals surface area contributed by atoms with Crippen LogP contribution < -0.4 is 10.5 Å². The standard InChI is InChI=1S/C11H16N4O5S2.C2HF3O2/c12-5-9-14-13-8(21-9)4-3-7(16)15-22(19,20)10(11(17)18)6-1-2-6;3-2(4,5)1(6)7/h6,10H,1-5,12H2,(H,15,16)(H,17,18);(H,6,7). The van der Waals surface area contributed by atoms with Gasteiger partial charge in [0.2, 0.25) is 15.9 Å². The first-order valence-corrected chi connectivity index (χ1v) is 10.2. The fourth-order valence-electron chi connectivity index (χ4n) is 1.95. The van der Waals surface area contributed by atoms with Gasteiger partial charge in [0.1, 0.15) is 10.0 Å². The lowest BCUT2D eigenvalue weighted by Gasteiger charge is -2.13. The van der Waals surface area contributed by atoms with Gasteiger partial charge in [0.05, 0.1) is 0 Å². The van der Waals surface area contributed by atoms with E-state index in [1.807, 2.05) is 4.72 Å². The molecule has 164 valence electrons. The van der Waals surface area contributed by atoms with Crippen molar-refractivity contribution in [1.82, 2.24) is 14.9 Å². The second-order valence-corrected chi connectivity index (χ2v) is 8.71. The summed E-state index contributed by atoms with van der Waals surface area (Å²) in [6.07, 6.45) is -3.90. The van der Waals surface area contributed by atoms with Crippen molar-refractivity contribution < 1.29 is 46.2 Å². The maximum atomic E-state index is 12.0. The van der Waals surface area contributed by atoms with Crippen molar-refractivity contribution >= 4 is 39.2 Å². The van der Waals surface area contributed by atoms with Gasteiger partial charge < -0.3 is 15.9 Å². The molecule has 0 aromatic carbocycles. The number of carbonyl (C=O) groups is 3. The number of carbonyl (C=O) groups excluding carboxylic acids is 1. The lowest BCUT2D eigenvalue weighted by Crippen LogP contribution is -2.43. The van der Waals surface area contributed by atoms with Crippen LogP contribution in [0.15, 0.2) is 0 Å². The van der Waals surface area contributed by atoms with Crippen LogP contribution in [0, 0.1) is 5.92 Å². The minimum absolute atomic E-state index is 0.116. The summed E-state index contributed by atoms with van der Waals surface area (Å²) in [7, 11) is -4.21. The molecular weight excluding hydrogens is 445 g/mol. The maximum absolute atomic E-state index is 12.0. The normalized spacial score (nSPS) is 15.0. The number of nitrogens with two attached hydrogens (primary N) is 1. The van der Waals surface area contributed by atoms with Gasteiger partial charge in [0, 0.05) is 19.4 Å². The molecule has 1 aromatic rings. The molecule has 1 fully saturated rings. The van der Waals surface area contributed by atoms with Crippen molar-refractivity contribution in [2.24, 2.45) is 11.7 Å². The number of hydrogen-bond acceptors (Lipinski definition) is 9. The van der Waals surface area contributed by atoms with Crippen molar-refractivity contribution in [3.8, 4) is 0 Å². The van der Waals surface area contributed by atoms with Crippen molar-refractivity contribution in [3.05, 3.63) is 10.0 Å². The Morgan fingerprint density at radius 3 is 2.10 bits per heavy atom. The Bertz CT molecular complexity index is 853. The zero-order chi connectivity index (χ0) is 22.4. The molecule has 1 aliphatic rings. The van der Waals surface area contributed by atoms with Crippen LogP contribution in [-0.2, 0) is 37.4 Å². The molecule has 0 aliphatic heterocycles. The number of rotatable bonds is 8. The van der Waals surface area contributed by atoms with Crippen LogP contribution in [0.3, 0.4) is 0 Å². The van der Waals surface area contributed by atoms with Gasteiger partial charge in [-0.3, -0.25) is 14.3 Å². The van der Waals surface area contributed by atoms with Crippen molar-refractivity contribution in [2.75, 3.05) is 0 Å². The molecule has 0 spiro atoms. The van der Waals surface area contributed by atoms with Crippen LogP contribution in [0.25, 0.3) is 0 Å². The first kappa shape index (κ1) is 24.7. The smallest absolute Gasteiger partial charge is 0.480 e. The van der Waals surface area contributed by atoms with Crippen molar-refractivity contribution in [3.63, 3.8) is 0 Å². The van der Waals surface area contributed by atoms with Crippen molar-refractivity contribution in [1.29, 1.82) is 0 Å².